The van der Waals surface area contributed by atoms with Gasteiger partial charge in [-0.2, -0.15) is 0 Å². The standard InChI is InChI=1S/C15H11N3O2S2/c16-11-6-7-12-14(8-11)22-15(17-12)21-9-13(18(19)20)10-4-2-1-3-5-10/h1-9H,16H2. The second kappa shape index (κ2) is 6.17. The minimum atomic E-state index is -0.381. The van der Waals surface area contributed by atoms with E-state index >= 15 is 0 Å². The average molecular weight is 329 g/mol. The smallest absolute Gasteiger partial charge is 0.283 e. The van der Waals surface area contributed by atoms with Gasteiger partial charge in [0.1, 0.15) is 0 Å². The molecule has 0 radical (unpaired) electrons. The van der Waals surface area contributed by atoms with Crippen LogP contribution in [0.15, 0.2) is 58.3 Å². The summed E-state index contributed by atoms with van der Waals surface area (Å²) in [5.41, 5.74) is 7.90. The summed E-state index contributed by atoms with van der Waals surface area (Å²) in [6.45, 7) is 0. The van der Waals surface area contributed by atoms with Gasteiger partial charge in [-0.25, -0.2) is 4.98 Å². The number of hydrogen-bond donors (Lipinski definition) is 1. The fraction of sp³-hybridized carbons (Fsp3) is 0. The molecule has 0 aliphatic carbocycles. The fourth-order valence-electron chi connectivity index (χ4n) is 1.90. The highest BCUT2D eigenvalue weighted by molar-refractivity contribution is 8.04. The van der Waals surface area contributed by atoms with Gasteiger partial charge in [-0.1, -0.05) is 30.0 Å². The first kappa shape index (κ1) is 14.6. The van der Waals surface area contributed by atoms with Crippen molar-refractivity contribution in [1.82, 2.24) is 4.98 Å². The number of fused-ring (bicyclic) bond motifs is 1. The number of benzene rings is 2. The minimum Gasteiger partial charge on any atom is -0.399 e. The predicted molar refractivity (Wildman–Crippen MR) is 91.3 cm³/mol. The molecule has 1 heterocycles. The largest absolute Gasteiger partial charge is 0.399 e. The highest BCUT2D eigenvalue weighted by atomic mass is 32.2. The summed E-state index contributed by atoms with van der Waals surface area (Å²) in [6, 6.07) is 14.3. The fourth-order valence-corrected chi connectivity index (χ4v) is 3.84. The van der Waals surface area contributed by atoms with Gasteiger partial charge < -0.3 is 5.73 Å². The Kier molecular flexibility index (Phi) is 4.08. The van der Waals surface area contributed by atoms with Gasteiger partial charge in [0, 0.05) is 5.69 Å². The van der Waals surface area contributed by atoms with Crippen molar-refractivity contribution in [3.8, 4) is 0 Å². The van der Waals surface area contributed by atoms with E-state index in [0.29, 0.717) is 11.3 Å². The Bertz CT molecular complexity index is 860. The summed E-state index contributed by atoms with van der Waals surface area (Å²) in [5.74, 6) is 0. The van der Waals surface area contributed by atoms with Gasteiger partial charge >= 0.3 is 0 Å². The lowest BCUT2D eigenvalue weighted by Crippen LogP contribution is -1.96. The monoisotopic (exact) mass is 329 g/mol. The number of rotatable bonds is 4. The van der Waals surface area contributed by atoms with Gasteiger partial charge in [0.25, 0.3) is 5.70 Å². The quantitative estimate of drug-likeness (QED) is 0.335. The van der Waals surface area contributed by atoms with Crippen LogP contribution in [0.3, 0.4) is 0 Å². The van der Waals surface area contributed by atoms with Crippen LogP contribution in [0.25, 0.3) is 15.9 Å². The Morgan fingerprint density at radius 1 is 1.27 bits per heavy atom. The van der Waals surface area contributed by atoms with Crippen LogP contribution in [0.4, 0.5) is 5.69 Å². The molecule has 0 unspecified atom stereocenters. The van der Waals surface area contributed by atoms with Crippen molar-refractivity contribution < 1.29 is 4.92 Å². The molecule has 3 rings (SSSR count). The average Bonchev–Trinajstić information content (AvgIpc) is 2.90. The van der Waals surface area contributed by atoms with Crippen molar-refractivity contribution in [2.75, 3.05) is 5.73 Å². The number of nitro groups is 1. The first-order valence-corrected chi connectivity index (χ1v) is 8.06. The highest BCUT2D eigenvalue weighted by Gasteiger charge is 2.14. The molecule has 0 spiro atoms. The summed E-state index contributed by atoms with van der Waals surface area (Å²) in [7, 11) is 0. The molecule has 5 nitrogen and oxygen atoms in total. The molecule has 3 aromatic rings. The summed E-state index contributed by atoms with van der Waals surface area (Å²) in [6.07, 6.45) is 0. The van der Waals surface area contributed by atoms with Crippen LogP contribution in [-0.2, 0) is 0 Å². The topological polar surface area (TPSA) is 82.0 Å². The van der Waals surface area contributed by atoms with Crippen LogP contribution in [0.2, 0.25) is 0 Å². The third kappa shape index (κ3) is 3.10. The molecule has 0 bridgehead atoms. The van der Waals surface area contributed by atoms with Crippen molar-refractivity contribution in [3.63, 3.8) is 0 Å². The van der Waals surface area contributed by atoms with Crippen LogP contribution in [0.1, 0.15) is 5.56 Å². The molecule has 0 aliphatic heterocycles. The molecular weight excluding hydrogens is 318 g/mol. The van der Waals surface area contributed by atoms with Gasteiger partial charge in [0.05, 0.1) is 26.1 Å². The summed E-state index contributed by atoms with van der Waals surface area (Å²) in [5, 5.41) is 12.8. The second-order valence-electron chi connectivity index (χ2n) is 4.45. The molecule has 0 saturated heterocycles. The molecule has 22 heavy (non-hydrogen) atoms. The van der Waals surface area contributed by atoms with Crippen LogP contribution in [0.5, 0.6) is 0 Å². The molecule has 0 saturated carbocycles. The zero-order valence-electron chi connectivity index (χ0n) is 11.3. The van der Waals surface area contributed by atoms with Crippen LogP contribution < -0.4 is 5.73 Å². The van der Waals surface area contributed by atoms with Crippen molar-refractivity contribution in [2.24, 2.45) is 0 Å². The summed E-state index contributed by atoms with van der Waals surface area (Å²) >= 11 is 2.71. The Balaban J connectivity index is 1.91. The minimum absolute atomic E-state index is 0.0596. The second-order valence-corrected chi connectivity index (χ2v) is 6.60. The van der Waals surface area contributed by atoms with Crippen molar-refractivity contribution in [1.29, 1.82) is 0 Å². The van der Waals surface area contributed by atoms with Crippen LogP contribution >= 0.6 is 23.1 Å². The maximum atomic E-state index is 11.2. The number of nitrogen functional groups attached to an aromatic ring is 1. The summed E-state index contributed by atoms with van der Waals surface area (Å²) in [4.78, 5) is 15.3. The lowest BCUT2D eigenvalue weighted by Gasteiger charge is -1.97. The zero-order valence-corrected chi connectivity index (χ0v) is 12.9. The molecule has 0 amide bonds. The molecule has 110 valence electrons. The molecule has 0 aliphatic rings. The first-order chi connectivity index (χ1) is 10.6. The Morgan fingerprint density at radius 3 is 2.77 bits per heavy atom. The summed E-state index contributed by atoms with van der Waals surface area (Å²) < 4.78 is 1.72. The lowest BCUT2D eigenvalue weighted by molar-refractivity contribution is -0.375. The maximum Gasteiger partial charge on any atom is 0.283 e. The number of hydrogen-bond acceptors (Lipinski definition) is 6. The van der Waals surface area contributed by atoms with E-state index in [1.165, 1.54) is 28.5 Å². The number of aromatic nitrogens is 1. The molecule has 0 fully saturated rings. The van der Waals surface area contributed by atoms with E-state index in [1.54, 1.807) is 30.3 Å². The Labute approximate surface area is 134 Å². The van der Waals surface area contributed by atoms with Gasteiger partial charge in [0.2, 0.25) is 0 Å². The molecule has 2 N–H and O–H groups in total. The van der Waals surface area contributed by atoms with Gasteiger partial charge in [-0.15, -0.1) is 11.3 Å². The van der Waals surface area contributed by atoms with E-state index in [1.807, 2.05) is 18.2 Å². The third-order valence-corrected chi connectivity index (χ3v) is 4.92. The third-order valence-electron chi connectivity index (χ3n) is 2.93. The van der Waals surface area contributed by atoms with E-state index in [4.69, 9.17) is 5.73 Å². The van der Waals surface area contributed by atoms with Crippen LogP contribution in [0, 0.1) is 10.1 Å². The number of anilines is 1. The Morgan fingerprint density at radius 2 is 2.05 bits per heavy atom. The SMILES string of the molecule is Nc1ccc2nc(SC=C(c3ccccc3)[N+](=O)[O-])sc2c1. The van der Waals surface area contributed by atoms with Crippen molar-refractivity contribution >= 4 is 44.7 Å². The normalized spacial score (nSPS) is 11.7. The number of thioether (sulfide) groups is 1. The van der Waals surface area contributed by atoms with E-state index < -0.39 is 0 Å². The molecule has 0 atom stereocenters. The molecule has 2 aromatic carbocycles. The number of nitrogens with zero attached hydrogens (tertiary/aromatic N) is 2. The lowest BCUT2D eigenvalue weighted by atomic mass is 10.2. The molecule has 7 heteroatoms. The van der Waals surface area contributed by atoms with E-state index in [9.17, 15) is 10.1 Å². The van der Waals surface area contributed by atoms with Gasteiger partial charge in [-0.3, -0.25) is 10.1 Å². The highest BCUT2D eigenvalue weighted by Crippen LogP contribution is 2.33. The van der Waals surface area contributed by atoms with Crippen molar-refractivity contribution in [3.05, 3.63) is 69.6 Å². The van der Waals surface area contributed by atoms with E-state index in [2.05, 4.69) is 4.98 Å². The number of thiazole rings is 1. The van der Waals surface area contributed by atoms with Gasteiger partial charge in [0.15, 0.2) is 4.34 Å². The molecule has 1 aromatic heterocycles. The maximum absolute atomic E-state index is 11.2. The Hall–Kier alpha value is -2.38. The zero-order chi connectivity index (χ0) is 15.5. The van der Waals surface area contributed by atoms with E-state index in [0.717, 1.165) is 14.6 Å². The van der Waals surface area contributed by atoms with E-state index in [-0.39, 0.29) is 10.6 Å². The predicted octanol–water partition coefficient (Wildman–Crippen LogP) is 4.25. The molecular formula is C15H11N3O2S2. The number of nitrogens with two attached hydrogens (primary N) is 1. The first-order valence-electron chi connectivity index (χ1n) is 6.36. The van der Waals surface area contributed by atoms with Crippen LogP contribution in [-0.4, -0.2) is 9.91 Å². The van der Waals surface area contributed by atoms with Crippen molar-refractivity contribution in [2.45, 2.75) is 4.34 Å². The van der Waals surface area contributed by atoms with Gasteiger partial charge in [-0.05, 0) is 30.3 Å².